The highest BCUT2D eigenvalue weighted by atomic mass is 32.2. The summed E-state index contributed by atoms with van der Waals surface area (Å²) in [6.07, 6.45) is 4.49. The minimum Gasteiger partial charge on any atom is -0.392 e. The zero-order chi connectivity index (χ0) is 12.0. The Labute approximate surface area is 102 Å². The molecule has 0 bridgehead atoms. The Hall–Kier alpha value is -0.480. The van der Waals surface area contributed by atoms with E-state index in [1.165, 1.54) is 12.1 Å². The molecule has 1 rings (SSSR count). The second kappa shape index (κ2) is 6.97. The van der Waals surface area contributed by atoms with Crippen molar-refractivity contribution in [1.82, 2.24) is 9.78 Å². The lowest BCUT2D eigenvalue weighted by molar-refractivity contribution is 0.188. The van der Waals surface area contributed by atoms with Gasteiger partial charge >= 0.3 is 0 Å². The number of thioether (sulfide) groups is 1. The van der Waals surface area contributed by atoms with Gasteiger partial charge in [0.25, 0.3) is 0 Å². The number of aliphatic hydroxyl groups excluding tert-OH is 1. The number of aromatic nitrogens is 2. The van der Waals surface area contributed by atoms with Gasteiger partial charge in [-0.3, -0.25) is 4.68 Å². The molecule has 0 amide bonds. The standard InChI is InChI=1S/C12H22N2OS/c1-4-10(2)16-9-12(15)6-5-11-7-8-13-14(11)3/h7-8,10,12,15H,4-6,9H2,1-3H3. The molecule has 3 nitrogen and oxygen atoms in total. The normalized spacial score (nSPS) is 15.0. The van der Waals surface area contributed by atoms with Crippen LogP contribution in [0, 0.1) is 0 Å². The molecule has 1 aromatic heterocycles. The minimum absolute atomic E-state index is 0.200. The van der Waals surface area contributed by atoms with Gasteiger partial charge in [-0.05, 0) is 25.3 Å². The van der Waals surface area contributed by atoms with E-state index in [1.807, 2.05) is 29.6 Å². The maximum absolute atomic E-state index is 9.83. The predicted molar refractivity (Wildman–Crippen MR) is 69.7 cm³/mol. The Balaban J connectivity index is 2.20. The summed E-state index contributed by atoms with van der Waals surface area (Å²) in [6, 6.07) is 2.01. The topological polar surface area (TPSA) is 38.1 Å². The van der Waals surface area contributed by atoms with Crippen LogP contribution in [0.3, 0.4) is 0 Å². The molecule has 1 aromatic rings. The second-order valence-corrected chi connectivity index (χ2v) is 5.66. The summed E-state index contributed by atoms with van der Waals surface area (Å²) in [6.45, 7) is 4.39. The minimum atomic E-state index is -0.200. The SMILES string of the molecule is CCC(C)SCC(O)CCc1ccnn1C. The molecule has 16 heavy (non-hydrogen) atoms. The van der Waals surface area contributed by atoms with E-state index in [0.717, 1.165) is 18.6 Å². The summed E-state index contributed by atoms with van der Waals surface area (Å²) < 4.78 is 1.87. The summed E-state index contributed by atoms with van der Waals surface area (Å²) >= 11 is 1.85. The first-order valence-corrected chi connectivity index (χ1v) is 6.95. The zero-order valence-electron chi connectivity index (χ0n) is 10.4. The van der Waals surface area contributed by atoms with Crippen LogP contribution in [0.15, 0.2) is 12.3 Å². The molecule has 0 aliphatic carbocycles. The van der Waals surface area contributed by atoms with Crippen molar-refractivity contribution in [2.75, 3.05) is 5.75 Å². The first kappa shape index (κ1) is 13.6. The van der Waals surface area contributed by atoms with Crippen LogP contribution in [0.4, 0.5) is 0 Å². The maximum Gasteiger partial charge on any atom is 0.0634 e. The number of rotatable bonds is 7. The lowest BCUT2D eigenvalue weighted by atomic mass is 10.2. The highest BCUT2D eigenvalue weighted by Crippen LogP contribution is 2.16. The van der Waals surface area contributed by atoms with Crippen LogP contribution in [0.5, 0.6) is 0 Å². The van der Waals surface area contributed by atoms with E-state index in [2.05, 4.69) is 18.9 Å². The van der Waals surface area contributed by atoms with E-state index < -0.39 is 0 Å². The average molecular weight is 242 g/mol. The molecule has 92 valence electrons. The van der Waals surface area contributed by atoms with Gasteiger partial charge in [0.2, 0.25) is 0 Å². The quantitative estimate of drug-likeness (QED) is 0.797. The molecule has 0 aromatic carbocycles. The van der Waals surface area contributed by atoms with Crippen molar-refractivity contribution in [3.63, 3.8) is 0 Å². The lowest BCUT2D eigenvalue weighted by Crippen LogP contribution is -2.14. The molecule has 2 unspecified atom stereocenters. The van der Waals surface area contributed by atoms with E-state index >= 15 is 0 Å². The first-order chi connectivity index (χ1) is 7.63. The van der Waals surface area contributed by atoms with Gasteiger partial charge in [-0.1, -0.05) is 13.8 Å². The summed E-state index contributed by atoms with van der Waals surface area (Å²) in [4.78, 5) is 0. The van der Waals surface area contributed by atoms with Crippen molar-refractivity contribution in [3.05, 3.63) is 18.0 Å². The van der Waals surface area contributed by atoms with Gasteiger partial charge < -0.3 is 5.11 Å². The molecule has 4 heteroatoms. The Morgan fingerprint density at radius 3 is 2.88 bits per heavy atom. The van der Waals surface area contributed by atoms with Gasteiger partial charge in [-0.2, -0.15) is 16.9 Å². The third-order valence-electron chi connectivity index (χ3n) is 2.80. The molecule has 0 radical (unpaired) electrons. The lowest BCUT2D eigenvalue weighted by Gasteiger charge is -2.13. The van der Waals surface area contributed by atoms with Crippen LogP contribution >= 0.6 is 11.8 Å². The molecule has 0 aliphatic heterocycles. The second-order valence-electron chi connectivity index (χ2n) is 4.19. The van der Waals surface area contributed by atoms with Crippen molar-refractivity contribution >= 4 is 11.8 Å². The summed E-state index contributed by atoms with van der Waals surface area (Å²) in [5.74, 6) is 0.840. The van der Waals surface area contributed by atoms with E-state index in [9.17, 15) is 5.11 Å². The van der Waals surface area contributed by atoms with Crippen LogP contribution in [-0.2, 0) is 13.5 Å². The number of hydrogen-bond acceptors (Lipinski definition) is 3. The largest absolute Gasteiger partial charge is 0.392 e. The Bertz CT molecular complexity index is 301. The fraction of sp³-hybridized carbons (Fsp3) is 0.750. The van der Waals surface area contributed by atoms with E-state index in [-0.39, 0.29) is 6.10 Å². The highest BCUT2D eigenvalue weighted by molar-refractivity contribution is 7.99. The van der Waals surface area contributed by atoms with E-state index in [1.54, 1.807) is 6.20 Å². The van der Waals surface area contributed by atoms with E-state index in [0.29, 0.717) is 5.25 Å². The Morgan fingerprint density at radius 1 is 1.56 bits per heavy atom. The summed E-state index contributed by atoms with van der Waals surface area (Å²) in [5, 5.41) is 14.6. The molecule has 1 heterocycles. The fourth-order valence-corrected chi connectivity index (χ4v) is 2.39. The van der Waals surface area contributed by atoms with Crippen LogP contribution in [0.25, 0.3) is 0 Å². The van der Waals surface area contributed by atoms with Crippen LogP contribution in [-0.4, -0.2) is 32.0 Å². The number of aryl methyl sites for hydroxylation is 2. The molecule has 1 N–H and O–H groups in total. The smallest absolute Gasteiger partial charge is 0.0634 e. The first-order valence-electron chi connectivity index (χ1n) is 5.90. The van der Waals surface area contributed by atoms with Crippen molar-refractivity contribution in [3.8, 4) is 0 Å². The molecule has 0 spiro atoms. The molecule has 0 saturated carbocycles. The maximum atomic E-state index is 9.83. The molecular formula is C12H22N2OS. The van der Waals surface area contributed by atoms with Gasteiger partial charge in [0.1, 0.15) is 0 Å². The summed E-state index contributed by atoms with van der Waals surface area (Å²) in [5.41, 5.74) is 1.19. The highest BCUT2D eigenvalue weighted by Gasteiger charge is 2.08. The molecule has 0 aliphatic rings. The van der Waals surface area contributed by atoms with Gasteiger partial charge in [0, 0.05) is 29.9 Å². The Morgan fingerprint density at radius 2 is 2.31 bits per heavy atom. The number of aliphatic hydroxyl groups is 1. The van der Waals surface area contributed by atoms with Crippen LogP contribution < -0.4 is 0 Å². The third-order valence-corrected chi connectivity index (χ3v) is 4.28. The summed E-state index contributed by atoms with van der Waals surface area (Å²) in [7, 11) is 1.94. The molecule has 2 atom stereocenters. The predicted octanol–water partition coefficient (Wildman–Crippen LogP) is 2.25. The van der Waals surface area contributed by atoms with Gasteiger partial charge in [0.15, 0.2) is 0 Å². The third kappa shape index (κ3) is 4.58. The monoisotopic (exact) mass is 242 g/mol. The number of hydrogen-bond donors (Lipinski definition) is 1. The molecular weight excluding hydrogens is 220 g/mol. The fourth-order valence-electron chi connectivity index (χ4n) is 1.44. The molecule has 0 saturated heterocycles. The van der Waals surface area contributed by atoms with Gasteiger partial charge in [-0.15, -0.1) is 0 Å². The average Bonchev–Trinajstić information content (AvgIpc) is 2.69. The zero-order valence-corrected chi connectivity index (χ0v) is 11.2. The van der Waals surface area contributed by atoms with Crippen molar-refractivity contribution in [2.45, 2.75) is 44.5 Å². The molecule has 0 fully saturated rings. The van der Waals surface area contributed by atoms with Crippen molar-refractivity contribution in [2.24, 2.45) is 7.05 Å². The van der Waals surface area contributed by atoms with Crippen molar-refractivity contribution in [1.29, 1.82) is 0 Å². The van der Waals surface area contributed by atoms with Crippen LogP contribution in [0.2, 0.25) is 0 Å². The van der Waals surface area contributed by atoms with Gasteiger partial charge in [0.05, 0.1) is 6.10 Å². The van der Waals surface area contributed by atoms with E-state index in [4.69, 9.17) is 0 Å². The van der Waals surface area contributed by atoms with Gasteiger partial charge in [-0.25, -0.2) is 0 Å². The Kier molecular flexibility index (Phi) is 5.91. The van der Waals surface area contributed by atoms with Crippen molar-refractivity contribution < 1.29 is 5.11 Å². The van der Waals surface area contributed by atoms with Crippen LogP contribution in [0.1, 0.15) is 32.4 Å². The number of nitrogens with zero attached hydrogens (tertiary/aromatic N) is 2.